The SMILES string of the molecule is CC(=O)NC1S[C@@H]2C(Oc3ccccc3)C(=O)N2CC1(CO)C(=O)OC(c1ccccc1)c1ccccc1. The number of thioether (sulfide) groups is 1. The molecule has 2 N–H and O–H groups in total. The predicted molar refractivity (Wildman–Crippen MR) is 142 cm³/mol. The molecule has 4 atom stereocenters. The molecule has 8 nitrogen and oxygen atoms in total. The van der Waals surface area contributed by atoms with Gasteiger partial charge in [-0.25, -0.2) is 0 Å². The maximum atomic E-state index is 13.9. The van der Waals surface area contributed by atoms with E-state index < -0.39 is 40.9 Å². The maximum Gasteiger partial charge on any atom is 0.320 e. The van der Waals surface area contributed by atoms with Crippen LogP contribution in [-0.4, -0.2) is 57.8 Å². The Bertz CT molecular complexity index is 1250. The third-order valence-electron chi connectivity index (χ3n) is 6.78. The van der Waals surface area contributed by atoms with Crippen molar-refractivity contribution in [2.45, 2.75) is 29.9 Å². The molecule has 3 aromatic rings. The highest BCUT2D eigenvalue weighted by Gasteiger charge is 2.63. The number of aliphatic hydroxyl groups excluding tert-OH is 1. The third-order valence-corrected chi connectivity index (χ3v) is 8.40. The molecule has 0 aliphatic carbocycles. The molecule has 2 heterocycles. The summed E-state index contributed by atoms with van der Waals surface area (Å²) in [6.45, 7) is 0.608. The van der Waals surface area contributed by atoms with E-state index in [1.54, 1.807) is 12.1 Å². The first-order valence-corrected chi connectivity index (χ1v) is 13.2. The lowest BCUT2D eigenvalue weighted by molar-refractivity contribution is -0.175. The molecule has 0 radical (unpaired) electrons. The summed E-state index contributed by atoms with van der Waals surface area (Å²) in [5, 5.41) is 12.2. The molecule has 0 spiro atoms. The van der Waals surface area contributed by atoms with E-state index in [1.807, 2.05) is 78.9 Å². The van der Waals surface area contributed by atoms with Gasteiger partial charge in [0.2, 0.25) is 12.0 Å². The fourth-order valence-corrected chi connectivity index (χ4v) is 6.41. The summed E-state index contributed by atoms with van der Waals surface area (Å²) in [5.41, 5.74) is -0.0648. The van der Waals surface area contributed by atoms with E-state index in [9.17, 15) is 19.5 Å². The van der Waals surface area contributed by atoms with Crippen molar-refractivity contribution in [1.82, 2.24) is 10.2 Å². The minimum atomic E-state index is -1.58. The van der Waals surface area contributed by atoms with Crippen LogP contribution in [0.4, 0.5) is 0 Å². The summed E-state index contributed by atoms with van der Waals surface area (Å²) >= 11 is 1.21. The van der Waals surface area contributed by atoms with Crippen LogP contribution in [0.5, 0.6) is 5.75 Å². The van der Waals surface area contributed by atoms with Crippen LogP contribution >= 0.6 is 11.8 Å². The minimum absolute atomic E-state index is 0.116. The van der Waals surface area contributed by atoms with Crippen LogP contribution in [0.2, 0.25) is 0 Å². The molecule has 3 unspecified atom stereocenters. The Hall–Kier alpha value is -3.82. The van der Waals surface area contributed by atoms with Gasteiger partial charge in [-0.2, -0.15) is 0 Å². The van der Waals surface area contributed by atoms with Crippen LogP contribution in [0.3, 0.4) is 0 Å². The first-order chi connectivity index (χ1) is 18.4. The number of carbonyl (C=O) groups is 3. The van der Waals surface area contributed by atoms with Crippen LogP contribution in [0.15, 0.2) is 91.0 Å². The summed E-state index contributed by atoms with van der Waals surface area (Å²) in [6, 6.07) is 27.6. The highest BCUT2D eigenvalue weighted by Crippen LogP contribution is 2.48. The largest absolute Gasteiger partial charge is 0.477 e. The van der Waals surface area contributed by atoms with Crippen molar-refractivity contribution in [1.29, 1.82) is 0 Å². The van der Waals surface area contributed by atoms with Crippen molar-refractivity contribution in [2.75, 3.05) is 13.2 Å². The number of ether oxygens (including phenoxy) is 2. The summed E-state index contributed by atoms with van der Waals surface area (Å²) in [6.07, 6.45) is -1.51. The number of nitrogens with one attached hydrogen (secondary N) is 1. The fraction of sp³-hybridized carbons (Fsp3) is 0.276. The van der Waals surface area contributed by atoms with Crippen molar-refractivity contribution in [2.24, 2.45) is 5.41 Å². The number of rotatable bonds is 8. The van der Waals surface area contributed by atoms with Crippen molar-refractivity contribution in [3.8, 4) is 5.75 Å². The van der Waals surface area contributed by atoms with E-state index in [0.29, 0.717) is 5.75 Å². The van der Waals surface area contributed by atoms with E-state index in [2.05, 4.69) is 5.32 Å². The van der Waals surface area contributed by atoms with E-state index in [-0.39, 0.29) is 18.4 Å². The summed E-state index contributed by atoms with van der Waals surface area (Å²) in [7, 11) is 0. The predicted octanol–water partition coefficient (Wildman–Crippen LogP) is 3.12. The second kappa shape index (κ2) is 10.9. The Balaban J connectivity index is 1.43. The highest BCUT2D eigenvalue weighted by atomic mass is 32.2. The molecule has 38 heavy (non-hydrogen) atoms. The Morgan fingerprint density at radius 2 is 1.55 bits per heavy atom. The number of para-hydroxylation sites is 1. The molecule has 2 fully saturated rings. The van der Waals surface area contributed by atoms with E-state index in [4.69, 9.17) is 9.47 Å². The number of amides is 2. The standard InChI is InChI=1S/C29H28N2O6S/c1-19(33)30-27-29(18-32,17-31-25(34)24(26(31)38-27)36-22-15-9-4-10-16-22)28(35)37-23(20-11-5-2-6-12-20)21-13-7-3-8-14-21/h2-16,23-24,26-27,32H,17-18H2,1H3,(H,30,33)/t24?,26-,27?,29?/m1/s1. The van der Waals surface area contributed by atoms with Crippen molar-refractivity contribution < 1.29 is 29.0 Å². The zero-order valence-corrected chi connectivity index (χ0v) is 21.5. The van der Waals surface area contributed by atoms with Gasteiger partial charge < -0.3 is 24.8 Å². The molecule has 196 valence electrons. The van der Waals surface area contributed by atoms with E-state index >= 15 is 0 Å². The molecular weight excluding hydrogens is 504 g/mol. The van der Waals surface area contributed by atoms with Gasteiger partial charge in [0, 0.05) is 13.5 Å². The van der Waals surface area contributed by atoms with E-state index in [1.165, 1.54) is 23.6 Å². The van der Waals surface area contributed by atoms with Crippen LogP contribution in [0, 0.1) is 5.41 Å². The molecule has 2 aliphatic heterocycles. The van der Waals surface area contributed by atoms with Crippen LogP contribution in [0.25, 0.3) is 0 Å². The summed E-state index contributed by atoms with van der Waals surface area (Å²) in [5.74, 6) is -0.812. The molecule has 9 heteroatoms. The van der Waals surface area contributed by atoms with Gasteiger partial charge in [-0.05, 0) is 23.3 Å². The minimum Gasteiger partial charge on any atom is -0.477 e. The van der Waals surface area contributed by atoms with Crippen LogP contribution < -0.4 is 10.1 Å². The summed E-state index contributed by atoms with van der Waals surface area (Å²) < 4.78 is 12.0. The van der Waals surface area contributed by atoms with Gasteiger partial charge in [0.15, 0.2) is 6.10 Å². The Morgan fingerprint density at radius 1 is 1.00 bits per heavy atom. The van der Waals surface area contributed by atoms with Crippen LogP contribution in [0.1, 0.15) is 24.2 Å². The number of carbonyl (C=O) groups excluding carboxylic acids is 3. The maximum absolute atomic E-state index is 13.9. The molecule has 2 saturated heterocycles. The molecule has 0 saturated carbocycles. The topological polar surface area (TPSA) is 105 Å². The number of esters is 1. The van der Waals surface area contributed by atoms with E-state index in [0.717, 1.165) is 11.1 Å². The zero-order chi connectivity index (χ0) is 26.7. The number of β-lactam (4-membered cyclic amide) rings is 1. The number of benzene rings is 3. The van der Waals surface area contributed by atoms with Gasteiger partial charge in [0.25, 0.3) is 5.91 Å². The highest BCUT2D eigenvalue weighted by molar-refractivity contribution is 8.00. The third kappa shape index (κ3) is 4.87. The summed E-state index contributed by atoms with van der Waals surface area (Å²) in [4.78, 5) is 40.7. The average Bonchev–Trinajstić information content (AvgIpc) is 2.95. The van der Waals surface area contributed by atoms with Crippen molar-refractivity contribution in [3.05, 3.63) is 102 Å². The van der Waals surface area contributed by atoms with Crippen molar-refractivity contribution in [3.63, 3.8) is 0 Å². The van der Waals surface area contributed by atoms with Gasteiger partial charge in [0.1, 0.15) is 16.5 Å². The zero-order valence-electron chi connectivity index (χ0n) is 20.7. The van der Waals surface area contributed by atoms with Gasteiger partial charge in [-0.3, -0.25) is 14.4 Å². The second-order valence-corrected chi connectivity index (χ2v) is 10.6. The quantitative estimate of drug-likeness (QED) is 0.339. The molecule has 2 aliphatic rings. The number of fused-ring (bicyclic) bond motifs is 1. The van der Waals surface area contributed by atoms with Gasteiger partial charge in [0.05, 0.1) is 12.0 Å². The second-order valence-electron chi connectivity index (χ2n) is 9.35. The van der Waals surface area contributed by atoms with Gasteiger partial charge >= 0.3 is 5.97 Å². The lowest BCUT2D eigenvalue weighted by atomic mass is 9.85. The lowest BCUT2D eigenvalue weighted by Crippen LogP contribution is -2.74. The number of hydrogen-bond donors (Lipinski definition) is 2. The van der Waals surface area contributed by atoms with Gasteiger partial charge in [-0.15, -0.1) is 11.8 Å². The molecule has 2 amide bonds. The Morgan fingerprint density at radius 3 is 2.08 bits per heavy atom. The van der Waals surface area contributed by atoms with Crippen molar-refractivity contribution >= 4 is 29.5 Å². The average molecular weight is 533 g/mol. The van der Waals surface area contributed by atoms with Crippen LogP contribution in [-0.2, 0) is 19.1 Å². The lowest BCUT2D eigenvalue weighted by Gasteiger charge is -2.56. The number of aliphatic hydroxyl groups is 1. The number of hydrogen-bond acceptors (Lipinski definition) is 7. The fourth-order valence-electron chi connectivity index (χ4n) is 4.75. The smallest absolute Gasteiger partial charge is 0.320 e. The monoisotopic (exact) mass is 532 g/mol. The molecule has 3 aromatic carbocycles. The molecule has 5 rings (SSSR count). The first-order valence-electron chi connectivity index (χ1n) is 12.3. The number of nitrogens with zero attached hydrogens (tertiary/aromatic N) is 1. The molecular formula is C29H28N2O6S. The molecule has 0 bridgehead atoms. The van der Waals surface area contributed by atoms with Gasteiger partial charge in [-0.1, -0.05) is 78.9 Å². The Labute approximate surface area is 224 Å². The normalized spacial score (nSPS) is 24.2. The first kappa shape index (κ1) is 25.8. The Kier molecular flexibility index (Phi) is 7.40. The molecule has 0 aromatic heterocycles.